The first-order valence-electron chi connectivity index (χ1n) is 9.27. The quantitative estimate of drug-likeness (QED) is 0.637. The lowest BCUT2D eigenvalue weighted by molar-refractivity contribution is -0.137. The minimum atomic E-state index is -0.699. The topological polar surface area (TPSA) is 40.5 Å². The number of hydrogen-bond donors (Lipinski definition) is 1. The average Bonchev–Trinajstić information content (AvgIpc) is 2.56. The fraction of sp³-hybridized carbons (Fsp3) is 0.650. The third-order valence-electron chi connectivity index (χ3n) is 5.28. The number of nitrogens with zero attached hydrogens (tertiary/aromatic N) is 1. The van der Waals surface area contributed by atoms with Crippen molar-refractivity contribution in [3.63, 3.8) is 0 Å². The average molecular weight is 352 g/mol. The Bertz CT molecular complexity index is 503. The SMILES string of the molecule is CCCC1(N(CCCC(=O)O)Cc2ccc(Cl)cc2)CCCCC1. The van der Waals surface area contributed by atoms with E-state index >= 15 is 0 Å². The molecule has 1 aliphatic carbocycles. The molecule has 0 bridgehead atoms. The van der Waals surface area contributed by atoms with Crippen LogP contribution in [0.3, 0.4) is 0 Å². The van der Waals surface area contributed by atoms with Crippen LogP contribution in [0.2, 0.25) is 5.02 Å². The van der Waals surface area contributed by atoms with Crippen molar-refractivity contribution in [3.05, 3.63) is 34.9 Å². The molecule has 24 heavy (non-hydrogen) atoms. The Balaban J connectivity index is 2.15. The lowest BCUT2D eigenvalue weighted by atomic mass is 9.77. The Kier molecular flexibility index (Phi) is 7.57. The van der Waals surface area contributed by atoms with Crippen molar-refractivity contribution in [2.24, 2.45) is 0 Å². The van der Waals surface area contributed by atoms with Gasteiger partial charge in [-0.2, -0.15) is 0 Å². The molecule has 1 fully saturated rings. The van der Waals surface area contributed by atoms with Crippen LogP contribution in [0.25, 0.3) is 0 Å². The molecule has 1 saturated carbocycles. The molecule has 0 aliphatic heterocycles. The Labute approximate surface area is 151 Å². The molecule has 0 unspecified atom stereocenters. The van der Waals surface area contributed by atoms with E-state index in [-0.39, 0.29) is 12.0 Å². The van der Waals surface area contributed by atoms with Crippen molar-refractivity contribution in [1.29, 1.82) is 0 Å². The summed E-state index contributed by atoms with van der Waals surface area (Å²) >= 11 is 6.01. The molecular formula is C20H30ClNO2. The fourth-order valence-corrected chi connectivity index (χ4v) is 4.24. The van der Waals surface area contributed by atoms with Gasteiger partial charge in [0, 0.05) is 23.5 Å². The maximum Gasteiger partial charge on any atom is 0.303 e. The third kappa shape index (κ3) is 5.49. The van der Waals surface area contributed by atoms with Crippen molar-refractivity contribution in [1.82, 2.24) is 4.90 Å². The molecule has 0 aromatic heterocycles. The molecule has 3 nitrogen and oxygen atoms in total. The first-order chi connectivity index (χ1) is 11.6. The lowest BCUT2D eigenvalue weighted by Gasteiger charge is -2.47. The van der Waals surface area contributed by atoms with E-state index in [2.05, 4.69) is 24.0 Å². The van der Waals surface area contributed by atoms with E-state index in [9.17, 15) is 4.79 Å². The number of carboxylic acids is 1. The van der Waals surface area contributed by atoms with Crippen LogP contribution in [0.5, 0.6) is 0 Å². The highest BCUT2D eigenvalue weighted by molar-refractivity contribution is 6.30. The molecule has 0 saturated heterocycles. The number of carboxylic acid groups (broad SMARTS) is 1. The molecule has 1 aromatic rings. The number of aliphatic carboxylic acids is 1. The zero-order chi connectivity index (χ0) is 17.4. The molecule has 0 amide bonds. The lowest BCUT2D eigenvalue weighted by Crippen LogP contribution is -2.50. The second kappa shape index (κ2) is 9.43. The molecule has 0 spiro atoms. The second-order valence-electron chi connectivity index (χ2n) is 7.08. The first-order valence-corrected chi connectivity index (χ1v) is 9.65. The largest absolute Gasteiger partial charge is 0.481 e. The standard InChI is InChI=1S/C20H30ClNO2/c1-2-12-20(13-4-3-5-14-20)22(15-6-7-19(23)24)16-17-8-10-18(21)11-9-17/h8-11H,2-7,12-16H2,1H3,(H,23,24). The summed E-state index contributed by atoms with van der Waals surface area (Å²) in [6, 6.07) is 8.07. The van der Waals surface area contributed by atoms with Gasteiger partial charge in [-0.25, -0.2) is 0 Å². The van der Waals surface area contributed by atoms with Gasteiger partial charge >= 0.3 is 5.97 Å². The minimum Gasteiger partial charge on any atom is -0.481 e. The summed E-state index contributed by atoms with van der Waals surface area (Å²) in [4.78, 5) is 13.5. The van der Waals surface area contributed by atoms with Crippen LogP contribution in [-0.4, -0.2) is 28.1 Å². The Hall–Kier alpha value is -1.06. The van der Waals surface area contributed by atoms with Crippen molar-refractivity contribution in [2.45, 2.75) is 76.8 Å². The predicted octanol–water partition coefficient (Wildman–Crippen LogP) is 5.51. The minimum absolute atomic E-state index is 0.241. The molecule has 4 heteroatoms. The predicted molar refractivity (Wildman–Crippen MR) is 99.5 cm³/mol. The van der Waals surface area contributed by atoms with Gasteiger partial charge < -0.3 is 5.11 Å². The van der Waals surface area contributed by atoms with Gasteiger partial charge in [0.1, 0.15) is 0 Å². The second-order valence-corrected chi connectivity index (χ2v) is 7.52. The summed E-state index contributed by atoms with van der Waals surface area (Å²) in [6.07, 6.45) is 9.72. The molecule has 2 rings (SSSR count). The van der Waals surface area contributed by atoms with Crippen LogP contribution < -0.4 is 0 Å². The number of carbonyl (C=O) groups is 1. The summed E-state index contributed by atoms with van der Waals surface area (Å²) in [5, 5.41) is 9.75. The molecule has 0 radical (unpaired) electrons. The molecule has 0 atom stereocenters. The number of rotatable bonds is 9. The van der Waals surface area contributed by atoms with Crippen molar-refractivity contribution in [3.8, 4) is 0 Å². The van der Waals surface area contributed by atoms with Crippen LogP contribution >= 0.6 is 11.6 Å². The molecule has 0 heterocycles. The first kappa shape index (κ1) is 19.3. The van der Waals surface area contributed by atoms with E-state index in [0.29, 0.717) is 6.42 Å². The van der Waals surface area contributed by atoms with Gasteiger partial charge in [0.15, 0.2) is 0 Å². The van der Waals surface area contributed by atoms with Crippen LogP contribution in [0.1, 0.15) is 70.3 Å². The maximum atomic E-state index is 10.9. The van der Waals surface area contributed by atoms with Crippen molar-refractivity contribution in [2.75, 3.05) is 6.54 Å². The highest BCUT2D eigenvalue weighted by Crippen LogP contribution is 2.38. The number of halogens is 1. The van der Waals surface area contributed by atoms with Gasteiger partial charge in [0.2, 0.25) is 0 Å². The molecule has 1 aliphatic rings. The Morgan fingerprint density at radius 2 is 1.88 bits per heavy atom. The van der Waals surface area contributed by atoms with Crippen LogP contribution in [0, 0.1) is 0 Å². The highest BCUT2D eigenvalue weighted by atomic mass is 35.5. The summed E-state index contributed by atoms with van der Waals surface area (Å²) in [5.41, 5.74) is 1.50. The highest BCUT2D eigenvalue weighted by Gasteiger charge is 2.36. The monoisotopic (exact) mass is 351 g/mol. The van der Waals surface area contributed by atoms with E-state index in [1.165, 1.54) is 50.5 Å². The van der Waals surface area contributed by atoms with E-state index in [0.717, 1.165) is 18.1 Å². The van der Waals surface area contributed by atoms with Gasteiger partial charge in [-0.15, -0.1) is 0 Å². The van der Waals surface area contributed by atoms with Gasteiger partial charge in [-0.3, -0.25) is 9.69 Å². The summed E-state index contributed by atoms with van der Waals surface area (Å²) in [5.74, 6) is -0.699. The van der Waals surface area contributed by atoms with Crippen LogP contribution in [0.15, 0.2) is 24.3 Å². The Morgan fingerprint density at radius 1 is 1.21 bits per heavy atom. The number of benzene rings is 1. The molecule has 134 valence electrons. The maximum absolute atomic E-state index is 10.9. The fourth-order valence-electron chi connectivity index (χ4n) is 4.11. The van der Waals surface area contributed by atoms with Gasteiger partial charge in [0.25, 0.3) is 0 Å². The molecular weight excluding hydrogens is 322 g/mol. The molecule has 1 N–H and O–H groups in total. The van der Waals surface area contributed by atoms with E-state index in [1.54, 1.807) is 0 Å². The summed E-state index contributed by atoms with van der Waals surface area (Å²) < 4.78 is 0. The van der Waals surface area contributed by atoms with E-state index < -0.39 is 5.97 Å². The van der Waals surface area contributed by atoms with E-state index in [4.69, 9.17) is 16.7 Å². The smallest absolute Gasteiger partial charge is 0.303 e. The summed E-state index contributed by atoms with van der Waals surface area (Å²) in [7, 11) is 0. The normalized spacial score (nSPS) is 17.1. The molecule has 1 aromatic carbocycles. The Morgan fingerprint density at radius 3 is 2.46 bits per heavy atom. The summed E-state index contributed by atoms with van der Waals surface area (Å²) in [6.45, 7) is 4.00. The number of hydrogen-bond acceptors (Lipinski definition) is 2. The van der Waals surface area contributed by atoms with Gasteiger partial charge in [-0.1, -0.05) is 56.3 Å². The van der Waals surface area contributed by atoms with Gasteiger partial charge in [-0.05, 0) is 49.9 Å². The van der Waals surface area contributed by atoms with Crippen molar-refractivity contribution >= 4 is 17.6 Å². The van der Waals surface area contributed by atoms with Crippen LogP contribution in [-0.2, 0) is 11.3 Å². The zero-order valence-electron chi connectivity index (χ0n) is 14.8. The van der Waals surface area contributed by atoms with Crippen molar-refractivity contribution < 1.29 is 9.90 Å². The van der Waals surface area contributed by atoms with E-state index in [1.807, 2.05) is 12.1 Å². The van der Waals surface area contributed by atoms with Crippen LogP contribution in [0.4, 0.5) is 0 Å². The van der Waals surface area contributed by atoms with Gasteiger partial charge in [0.05, 0.1) is 0 Å². The third-order valence-corrected chi connectivity index (χ3v) is 5.53. The zero-order valence-corrected chi connectivity index (χ0v) is 15.5.